The highest BCUT2D eigenvalue weighted by molar-refractivity contribution is 6.08. The number of anilines is 3. The molecule has 4 rings (SSSR count). The van der Waals surface area contributed by atoms with Crippen molar-refractivity contribution in [3.8, 4) is 0 Å². The first kappa shape index (κ1) is 19.1. The average molecular weight is 397 g/mol. The normalized spacial score (nSPS) is 16.7. The Morgan fingerprint density at radius 3 is 2.48 bits per heavy atom. The van der Waals surface area contributed by atoms with Crippen molar-refractivity contribution in [2.24, 2.45) is 0 Å². The van der Waals surface area contributed by atoms with Crippen molar-refractivity contribution in [1.82, 2.24) is 4.98 Å². The van der Waals surface area contributed by atoms with Crippen LogP contribution >= 0.6 is 0 Å². The van der Waals surface area contributed by atoms with Gasteiger partial charge < -0.3 is 19.9 Å². The van der Waals surface area contributed by atoms with E-state index in [9.17, 15) is 14.9 Å². The number of ether oxygens (including phenoxy) is 1. The van der Waals surface area contributed by atoms with Crippen LogP contribution in [0.3, 0.4) is 0 Å². The third-order valence-corrected chi connectivity index (χ3v) is 5.22. The molecule has 9 nitrogen and oxygen atoms in total. The molecule has 0 aliphatic carbocycles. The lowest BCUT2D eigenvalue weighted by Crippen LogP contribution is -2.36. The molecular weight excluding hydrogens is 374 g/mol. The Kier molecular flexibility index (Phi) is 5.57. The molecule has 2 fully saturated rings. The summed E-state index contributed by atoms with van der Waals surface area (Å²) in [6.07, 6.45) is 3.70. The van der Waals surface area contributed by atoms with Gasteiger partial charge in [0.05, 0.1) is 41.3 Å². The maximum Gasteiger partial charge on any atom is 0.270 e. The van der Waals surface area contributed by atoms with Gasteiger partial charge in [-0.25, -0.2) is 4.98 Å². The van der Waals surface area contributed by atoms with Gasteiger partial charge in [-0.1, -0.05) is 0 Å². The molecule has 0 unspecified atom stereocenters. The second-order valence-electron chi connectivity index (χ2n) is 7.11. The second-order valence-corrected chi connectivity index (χ2v) is 7.11. The number of nitro benzene ring substituents is 1. The number of pyridine rings is 1. The molecule has 0 spiro atoms. The molecule has 152 valence electrons. The summed E-state index contributed by atoms with van der Waals surface area (Å²) in [5.74, 6) is 0.455. The van der Waals surface area contributed by atoms with Crippen molar-refractivity contribution in [2.45, 2.75) is 12.8 Å². The molecular formula is C20H23N5O4. The summed E-state index contributed by atoms with van der Waals surface area (Å²) in [6, 6.07) is 8.11. The van der Waals surface area contributed by atoms with Crippen LogP contribution in [-0.4, -0.2) is 55.2 Å². The lowest BCUT2D eigenvalue weighted by molar-refractivity contribution is -0.384. The van der Waals surface area contributed by atoms with Gasteiger partial charge in [-0.05, 0) is 31.0 Å². The standard InChI is InChI=1S/C20H23N5O4/c26-20(22-15-3-6-19(21-14-15)24-9-11-29-12-10-24)17-13-16(25(27)28)4-5-18(17)23-7-1-2-8-23/h3-6,13-14H,1-2,7-12H2,(H,22,26). The molecule has 2 aromatic rings. The number of nitrogens with one attached hydrogen (secondary N) is 1. The van der Waals surface area contributed by atoms with E-state index in [-0.39, 0.29) is 11.6 Å². The number of non-ortho nitro benzene ring substituents is 1. The van der Waals surface area contributed by atoms with Gasteiger partial charge in [0.1, 0.15) is 5.82 Å². The predicted molar refractivity (Wildman–Crippen MR) is 110 cm³/mol. The summed E-state index contributed by atoms with van der Waals surface area (Å²) in [5.41, 5.74) is 1.48. The van der Waals surface area contributed by atoms with Crippen molar-refractivity contribution >= 4 is 28.8 Å². The van der Waals surface area contributed by atoms with Gasteiger partial charge in [-0.15, -0.1) is 0 Å². The smallest absolute Gasteiger partial charge is 0.270 e. The minimum Gasteiger partial charge on any atom is -0.378 e. The maximum atomic E-state index is 12.9. The maximum absolute atomic E-state index is 12.9. The minimum atomic E-state index is -0.483. The highest BCUT2D eigenvalue weighted by atomic mass is 16.6. The van der Waals surface area contributed by atoms with Crippen LogP contribution in [0.4, 0.5) is 22.9 Å². The quantitative estimate of drug-likeness (QED) is 0.611. The zero-order chi connectivity index (χ0) is 20.2. The summed E-state index contributed by atoms with van der Waals surface area (Å²) in [4.78, 5) is 32.3. The fourth-order valence-corrected chi connectivity index (χ4v) is 3.69. The molecule has 2 aliphatic heterocycles. The fourth-order valence-electron chi connectivity index (χ4n) is 3.69. The van der Waals surface area contributed by atoms with Crippen LogP contribution in [0.25, 0.3) is 0 Å². The SMILES string of the molecule is O=C(Nc1ccc(N2CCOCC2)nc1)c1cc([N+](=O)[O-])ccc1N1CCCC1. The van der Waals surface area contributed by atoms with E-state index in [2.05, 4.69) is 20.1 Å². The molecule has 2 saturated heterocycles. The number of aromatic nitrogens is 1. The zero-order valence-electron chi connectivity index (χ0n) is 16.0. The first-order chi connectivity index (χ1) is 14.1. The molecule has 0 radical (unpaired) electrons. The lowest BCUT2D eigenvalue weighted by Gasteiger charge is -2.27. The van der Waals surface area contributed by atoms with E-state index in [1.807, 2.05) is 6.07 Å². The van der Waals surface area contributed by atoms with Crippen molar-refractivity contribution in [2.75, 3.05) is 54.5 Å². The number of carbonyl (C=O) groups is 1. The van der Waals surface area contributed by atoms with Crippen molar-refractivity contribution in [3.63, 3.8) is 0 Å². The predicted octanol–water partition coefficient (Wildman–Crippen LogP) is 2.68. The van der Waals surface area contributed by atoms with Gasteiger partial charge >= 0.3 is 0 Å². The van der Waals surface area contributed by atoms with Crippen molar-refractivity contribution in [1.29, 1.82) is 0 Å². The van der Waals surface area contributed by atoms with Crippen molar-refractivity contribution < 1.29 is 14.5 Å². The summed E-state index contributed by atoms with van der Waals surface area (Å²) in [6.45, 7) is 4.59. The lowest BCUT2D eigenvalue weighted by atomic mass is 10.1. The van der Waals surface area contributed by atoms with E-state index in [1.54, 1.807) is 18.3 Å². The van der Waals surface area contributed by atoms with Gasteiger partial charge in [0.15, 0.2) is 0 Å². The molecule has 1 N–H and O–H groups in total. The summed E-state index contributed by atoms with van der Waals surface area (Å²) in [5, 5.41) is 14.0. The van der Waals surface area contributed by atoms with Crippen LogP contribution < -0.4 is 15.1 Å². The molecule has 29 heavy (non-hydrogen) atoms. The van der Waals surface area contributed by atoms with Crippen LogP contribution in [0, 0.1) is 10.1 Å². The molecule has 0 saturated carbocycles. The van der Waals surface area contributed by atoms with E-state index in [1.165, 1.54) is 12.1 Å². The van der Waals surface area contributed by atoms with Crippen LogP contribution in [0.2, 0.25) is 0 Å². The van der Waals surface area contributed by atoms with Gasteiger partial charge in [0, 0.05) is 38.3 Å². The molecule has 1 aromatic heterocycles. The van der Waals surface area contributed by atoms with Gasteiger partial charge in [-0.2, -0.15) is 0 Å². The zero-order valence-corrected chi connectivity index (χ0v) is 16.0. The first-order valence-corrected chi connectivity index (χ1v) is 9.75. The molecule has 2 aliphatic rings. The molecule has 3 heterocycles. The highest BCUT2D eigenvalue weighted by Crippen LogP contribution is 2.29. The monoisotopic (exact) mass is 397 g/mol. The third kappa shape index (κ3) is 4.29. The largest absolute Gasteiger partial charge is 0.378 e. The Balaban J connectivity index is 1.54. The van der Waals surface area contributed by atoms with Gasteiger partial charge in [0.25, 0.3) is 11.6 Å². The Bertz CT molecular complexity index is 890. The number of morpholine rings is 1. The number of rotatable bonds is 5. The molecule has 0 bridgehead atoms. The van der Waals surface area contributed by atoms with E-state index < -0.39 is 4.92 Å². The van der Waals surface area contributed by atoms with Crippen LogP contribution in [0.15, 0.2) is 36.5 Å². The third-order valence-electron chi connectivity index (χ3n) is 5.22. The second kappa shape index (κ2) is 8.44. The fraction of sp³-hybridized carbons (Fsp3) is 0.400. The minimum absolute atomic E-state index is 0.0983. The molecule has 1 aromatic carbocycles. The number of nitrogens with zero attached hydrogens (tertiary/aromatic N) is 4. The van der Waals surface area contributed by atoms with Gasteiger partial charge in [-0.3, -0.25) is 14.9 Å². The van der Waals surface area contributed by atoms with E-state index in [0.717, 1.165) is 50.5 Å². The average Bonchev–Trinajstić information content (AvgIpc) is 3.29. The molecule has 0 atom stereocenters. The number of hydrogen-bond donors (Lipinski definition) is 1. The summed E-state index contributed by atoms with van der Waals surface area (Å²) < 4.78 is 5.35. The highest BCUT2D eigenvalue weighted by Gasteiger charge is 2.23. The van der Waals surface area contributed by atoms with E-state index in [4.69, 9.17) is 4.74 Å². The van der Waals surface area contributed by atoms with E-state index >= 15 is 0 Å². The first-order valence-electron chi connectivity index (χ1n) is 9.75. The number of nitro groups is 1. The topological polar surface area (TPSA) is 101 Å². The number of carbonyl (C=O) groups excluding carboxylic acids is 1. The Hall–Kier alpha value is -3.20. The number of amides is 1. The Morgan fingerprint density at radius 1 is 1.07 bits per heavy atom. The molecule has 9 heteroatoms. The Labute approximate surface area is 168 Å². The summed E-state index contributed by atoms with van der Waals surface area (Å²) >= 11 is 0. The molecule has 1 amide bonds. The van der Waals surface area contributed by atoms with Crippen LogP contribution in [0.5, 0.6) is 0 Å². The van der Waals surface area contributed by atoms with Crippen molar-refractivity contribution in [3.05, 3.63) is 52.2 Å². The Morgan fingerprint density at radius 2 is 1.83 bits per heavy atom. The van der Waals surface area contributed by atoms with Gasteiger partial charge in [0.2, 0.25) is 0 Å². The number of hydrogen-bond acceptors (Lipinski definition) is 7. The van der Waals surface area contributed by atoms with Crippen LogP contribution in [0.1, 0.15) is 23.2 Å². The van der Waals surface area contributed by atoms with Crippen LogP contribution in [-0.2, 0) is 4.74 Å². The summed E-state index contributed by atoms with van der Waals surface area (Å²) in [7, 11) is 0. The number of benzene rings is 1. The van der Waals surface area contributed by atoms with E-state index in [0.29, 0.717) is 24.5 Å².